The van der Waals surface area contributed by atoms with Crippen LogP contribution < -0.4 is 10.5 Å². The highest BCUT2D eigenvalue weighted by atomic mass is 16.5. The Labute approximate surface area is 103 Å². The van der Waals surface area contributed by atoms with Crippen molar-refractivity contribution in [2.24, 2.45) is 5.73 Å². The summed E-state index contributed by atoms with van der Waals surface area (Å²) in [5.41, 5.74) is 9.34. The highest BCUT2D eigenvalue weighted by Gasteiger charge is 2.34. The highest BCUT2D eigenvalue weighted by Crippen LogP contribution is 2.43. The molecule has 0 radical (unpaired) electrons. The van der Waals surface area contributed by atoms with Crippen LogP contribution in [0.3, 0.4) is 0 Å². The quantitative estimate of drug-likeness (QED) is 0.828. The first-order valence-corrected chi connectivity index (χ1v) is 6.16. The Hall–Kier alpha value is -1.22. The number of phenolic OH excluding ortho intramolecular Hbond substituents is 1. The van der Waals surface area contributed by atoms with Crippen LogP contribution in [-0.4, -0.2) is 12.2 Å². The van der Waals surface area contributed by atoms with Gasteiger partial charge >= 0.3 is 0 Å². The van der Waals surface area contributed by atoms with E-state index in [1.165, 1.54) is 12.8 Å². The second-order valence-corrected chi connectivity index (χ2v) is 5.09. The standard InChI is InChI=1S/C14H21NO2/c1-9-10(2)13(16)12(17-3)8-11(9)14(15)6-4-5-7-14/h8,16H,4-7,15H2,1-3H3. The fourth-order valence-corrected chi connectivity index (χ4v) is 2.82. The number of ether oxygens (including phenoxy) is 1. The van der Waals surface area contributed by atoms with E-state index in [9.17, 15) is 5.11 Å². The van der Waals surface area contributed by atoms with Gasteiger partial charge in [0.15, 0.2) is 11.5 Å². The first kappa shape index (κ1) is 12.2. The molecule has 0 spiro atoms. The molecule has 2 rings (SSSR count). The SMILES string of the molecule is COc1cc(C2(N)CCCC2)c(C)c(C)c1O. The molecule has 1 aliphatic rings. The molecule has 0 unspecified atom stereocenters. The molecule has 1 fully saturated rings. The van der Waals surface area contributed by atoms with Crippen molar-refractivity contribution >= 4 is 0 Å². The van der Waals surface area contributed by atoms with E-state index in [0.717, 1.165) is 29.5 Å². The molecule has 0 aliphatic heterocycles. The van der Waals surface area contributed by atoms with Gasteiger partial charge in [0.25, 0.3) is 0 Å². The molecular formula is C14H21NO2. The van der Waals surface area contributed by atoms with Gasteiger partial charge in [0.2, 0.25) is 0 Å². The number of nitrogens with two attached hydrogens (primary N) is 1. The van der Waals surface area contributed by atoms with Gasteiger partial charge in [-0.3, -0.25) is 0 Å². The van der Waals surface area contributed by atoms with Crippen molar-refractivity contribution in [3.05, 3.63) is 22.8 Å². The average Bonchev–Trinajstić information content (AvgIpc) is 2.74. The predicted octanol–water partition coefficient (Wildman–Crippen LogP) is 2.75. The molecular weight excluding hydrogens is 214 g/mol. The number of methoxy groups -OCH3 is 1. The number of rotatable bonds is 2. The van der Waals surface area contributed by atoms with Crippen molar-refractivity contribution in [2.75, 3.05) is 7.11 Å². The van der Waals surface area contributed by atoms with Crippen molar-refractivity contribution < 1.29 is 9.84 Å². The smallest absolute Gasteiger partial charge is 0.161 e. The van der Waals surface area contributed by atoms with E-state index in [1.807, 2.05) is 19.9 Å². The summed E-state index contributed by atoms with van der Waals surface area (Å²) >= 11 is 0. The van der Waals surface area contributed by atoms with Crippen LogP contribution in [0.1, 0.15) is 42.4 Å². The number of hydrogen-bond donors (Lipinski definition) is 2. The molecule has 1 saturated carbocycles. The van der Waals surface area contributed by atoms with E-state index in [4.69, 9.17) is 10.5 Å². The summed E-state index contributed by atoms with van der Waals surface area (Å²) in [6.07, 6.45) is 4.39. The Bertz CT molecular complexity index is 434. The van der Waals surface area contributed by atoms with E-state index in [0.29, 0.717) is 5.75 Å². The number of hydrogen-bond acceptors (Lipinski definition) is 3. The van der Waals surface area contributed by atoms with Crippen LogP contribution >= 0.6 is 0 Å². The van der Waals surface area contributed by atoms with E-state index in [-0.39, 0.29) is 11.3 Å². The summed E-state index contributed by atoms with van der Waals surface area (Å²) in [4.78, 5) is 0. The lowest BCUT2D eigenvalue weighted by Gasteiger charge is -2.28. The number of aromatic hydroxyl groups is 1. The Morgan fingerprint density at radius 3 is 2.35 bits per heavy atom. The van der Waals surface area contributed by atoms with Crippen LogP contribution in [0, 0.1) is 13.8 Å². The van der Waals surface area contributed by atoms with Crippen LogP contribution in [0.15, 0.2) is 6.07 Å². The monoisotopic (exact) mass is 235 g/mol. The number of benzene rings is 1. The Morgan fingerprint density at radius 1 is 1.24 bits per heavy atom. The van der Waals surface area contributed by atoms with Crippen molar-refractivity contribution in [3.63, 3.8) is 0 Å². The normalized spacial score (nSPS) is 18.4. The molecule has 1 aromatic carbocycles. The van der Waals surface area contributed by atoms with Crippen molar-refractivity contribution in [1.82, 2.24) is 0 Å². The molecule has 94 valence electrons. The Kier molecular flexibility index (Phi) is 3.04. The minimum Gasteiger partial charge on any atom is -0.504 e. The van der Waals surface area contributed by atoms with Gasteiger partial charge in [0.05, 0.1) is 7.11 Å². The van der Waals surface area contributed by atoms with Gasteiger partial charge in [-0.25, -0.2) is 0 Å². The van der Waals surface area contributed by atoms with Gasteiger partial charge in [-0.15, -0.1) is 0 Å². The summed E-state index contributed by atoms with van der Waals surface area (Å²) in [5, 5.41) is 9.96. The van der Waals surface area contributed by atoms with Gasteiger partial charge in [-0.05, 0) is 49.4 Å². The number of phenols is 1. The maximum atomic E-state index is 9.96. The third kappa shape index (κ3) is 1.89. The lowest BCUT2D eigenvalue weighted by molar-refractivity contribution is 0.367. The zero-order valence-electron chi connectivity index (χ0n) is 10.8. The molecule has 1 aromatic rings. The van der Waals surface area contributed by atoms with Gasteiger partial charge in [0, 0.05) is 5.54 Å². The van der Waals surface area contributed by atoms with Crippen LogP contribution in [-0.2, 0) is 5.54 Å². The summed E-state index contributed by atoms with van der Waals surface area (Å²) < 4.78 is 5.22. The lowest BCUT2D eigenvalue weighted by atomic mass is 9.84. The Morgan fingerprint density at radius 2 is 1.82 bits per heavy atom. The molecule has 3 N–H and O–H groups in total. The highest BCUT2D eigenvalue weighted by molar-refractivity contribution is 5.54. The molecule has 0 bridgehead atoms. The van der Waals surface area contributed by atoms with Crippen molar-refractivity contribution in [1.29, 1.82) is 0 Å². The van der Waals surface area contributed by atoms with Crippen molar-refractivity contribution in [3.8, 4) is 11.5 Å². The molecule has 3 nitrogen and oxygen atoms in total. The molecule has 0 heterocycles. The molecule has 0 atom stereocenters. The fourth-order valence-electron chi connectivity index (χ4n) is 2.82. The average molecular weight is 235 g/mol. The van der Waals surface area contributed by atoms with Crippen molar-refractivity contribution in [2.45, 2.75) is 45.1 Å². The minimum absolute atomic E-state index is 0.232. The Balaban J connectivity index is 2.57. The molecule has 0 saturated heterocycles. The molecule has 0 amide bonds. The molecule has 0 aromatic heterocycles. The van der Waals surface area contributed by atoms with Crippen LogP contribution in [0.25, 0.3) is 0 Å². The zero-order chi connectivity index (χ0) is 12.6. The molecule has 17 heavy (non-hydrogen) atoms. The van der Waals surface area contributed by atoms with E-state index < -0.39 is 0 Å². The molecule has 1 aliphatic carbocycles. The second kappa shape index (κ2) is 4.22. The molecule has 3 heteroatoms. The zero-order valence-corrected chi connectivity index (χ0v) is 10.8. The first-order chi connectivity index (χ1) is 7.99. The van der Waals surface area contributed by atoms with Gasteiger partial charge < -0.3 is 15.6 Å². The largest absolute Gasteiger partial charge is 0.504 e. The summed E-state index contributed by atoms with van der Waals surface area (Å²) in [5.74, 6) is 0.759. The second-order valence-electron chi connectivity index (χ2n) is 5.09. The van der Waals surface area contributed by atoms with Crippen LogP contribution in [0.4, 0.5) is 0 Å². The summed E-state index contributed by atoms with van der Waals surface area (Å²) in [7, 11) is 1.57. The predicted molar refractivity (Wildman–Crippen MR) is 68.5 cm³/mol. The third-order valence-corrected chi connectivity index (χ3v) is 4.08. The third-order valence-electron chi connectivity index (χ3n) is 4.08. The van der Waals surface area contributed by atoms with Gasteiger partial charge in [-0.2, -0.15) is 0 Å². The first-order valence-electron chi connectivity index (χ1n) is 6.16. The summed E-state index contributed by atoms with van der Waals surface area (Å²) in [6, 6.07) is 1.91. The van der Waals surface area contributed by atoms with Gasteiger partial charge in [0.1, 0.15) is 0 Å². The maximum absolute atomic E-state index is 9.96. The maximum Gasteiger partial charge on any atom is 0.161 e. The van der Waals surface area contributed by atoms with Gasteiger partial charge in [-0.1, -0.05) is 12.8 Å². The lowest BCUT2D eigenvalue weighted by Crippen LogP contribution is -2.34. The topological polar surface area (TPSA) is 55.5 Å². The fraction of sp³-hybridized carbons (Fsp3) is 0.571. The summed E-state index contributed by atoms with van der Waals surface area (Å²) in [6.45, 7) is 3.94. The van der Waals surface area contributed by atoms with E-state index in [2.05, 4.69) is 0 Å². The van der Waals surface area contributed by atoms with E-state index in [1.54, 1.807) is 7.11 Å². The van der Waals surface area contributed by atoms with E-state index >= 15 is 0 Å². The van der Waals surface area contributed by atoms with Crippen LogP contribution in [0.5, 0.6) is 11.5 Å². The minimum atomic E-state index is -0.240. The van der Waals surface area contributed by atoms with Crippen LogP contribution in [0.2, 0.25) is 0 Å².